The summed E-state index contributed by atoms with van der Waals surface area (Å²) < 4.78 is 11.0. The quantitative estimate of drug-likeness (QED) is 0.538. The minimum absolute atomic E-state index is 0.305. The van der Waals surface area contributed by atoms with Gasteiger partial charge >= 0.3 is 6.03 Å². The van der Waals surface area contributed by atoms with E-state index >= 15 is 0 Å². The van der Waals surface area contributed by atoms with Gasteiger partial charge in [0.15, 0.2) is 16.6 Å². The van der Waals surface area contributed by atoms with Crippen molar-refractivity contribution in [1.29, 1.82) is 0 Å². The van der Waals surface area contributed by atoms with Gasteiger partial charge in [0.1, 0.15) is 18.1 Å². The van der Waals surface area contributed by atoms with Crippen LogP contribution >= 0.6 is 22.9 Å². The molecule has 30 heavy (non-hydrogen) atoms. The monoisotopic (exact) mass is 444 g/mol. The van der Waals surface area contributed by atoms with E-state index < -0.39 is 6.03 Å². The number of thiazole rings is 1. The van der Waals surface area contributed by atoms with E-state index in [2.05, 4.69) is 20.9 Å². The van der Waals surface area contributed by atoms with Crippen molar-refractivity contribution in [3.8, 4) is 11.5 Å². The van der Waals surface area contributed by atoms with Crippen LogP contribution in [0, 0.1) is 6.92 Å². The van der Waals surface area contributed by atoms with Gasteiger partial charge in [-0.3, -0.25) is 10.1 Å². The molecule has 1 aromatic heterocycles. The summed E-state index contributed by atoms with van der Waals surface area (Å²) in [4.78, 5) is 29.5. The van der Waals surface area contributed by atoms with Gasteiger partial charge in [0.25, 0.3) is 5.91 Å². The number of fused-ring (bicyclic) bond motifs is 1. The molecule has 0 fully saturated rings. The van der Waals surface area contributed by atoms with Crippen molar-refractivity contribution in [3.63, 3.8) is 0 Å². The summed E-state index contributed by atoms with van der Waals surface area (Å²) >= 11 is 6.99. The first-order valence-corrected chi connectivity index (χ1v) is 10.2. The first-order chi connectivity index (χ1) is 14.5. The Morgan fingerprint density at radius 2 is 1.77 bits per heavy atom. The number of nitrogens with one attached hydrogen (secondary N) is 3. The van der Waals surface area contributed by atoms with Gasteiger partial charge in [-0.25, -0.2) is 9.78 Å². The van der Waals surface area contributed by atoms with E-state index in [0.29, 0.717) is 56.8 Å². The molecule has 10 heteroatoms. The molecule has 0 bridgehead atoms. The van der Waals surface area contributed by atoms with Crippen molar-refractivity contribution in [2.45, 2.75) is 6.92 Å². The largest absolute Gasteiger partial charge is 0.486 e. The molecule has 1 aliphatic rings. The molecule has 8 nitrogen and oxygen atoms in total. The zero-order valence-corrected chi connectivity index (χ0v) is 17.4. The lowest BCUT2D eigenvalue weighted by Gasteiger charge is -2.18. The van der Waals surface area contributed by atoms with Crippen LogP contribution in [0.3, 0.4) is 0 Å². The molecule has 0 atom stereocenters. The highest BCUT2D eigenvalue weighted by Crippen LogP contribution is 2.33. The molecule has 3 aromatic rings. The molecule has 154 valence electrons. The van der Waals surface area contributed by atoms with Gasteiger partial charge < -0.3 is 20.1 Å². The van der Waals surface area contributed by atoms with Crippen molar-refractivity contribution in [2.24, 2.45) is 0 Å². The fourth-order valence-corrected chi connectivity index (χ4v) is 3.84. The molecular weight excluding hydrogens is 428 g/mol. The fraction of sp³-hybridized carbons (Fsp3) is 0.150. The van der Waals surface area contributed by atoms with Gasteiger partial charge in [-0.1, -0.05) is 29.0 Å². The summed E-state index contributed by atoms with van der Waals surface area (Å²) in [5, 5.41) is 8.92. The number of benzene rings is 2. The van der Waals surface area contributed by atoms with Crippen LogP contribution < -0.4 is 25.4 Å². The molecule has 0 spiro atoms. The lowest BCUT2D eigenvalue weighted by molar-refractivity contribution is 0.102. The second-order valence-electron chi connectivity index (χ2n) is 6.34. The fourth-order valence-electron chi connectivity index (χ4n) is 2.80. The molecule has 1 aliphatic heterocycles. The molecule has 0 unspecified atom stereocenters. The molecular formula is C20H17ClN4O4S. The van der Waals surface area contributed by atoms with Crippen LogP contribution in [-0.4, -0.2) is 30.1 Å². The first-order valence-electron chi connectivity index (χ1n) is 9.00. The normalized spacial score (nSPS) is 12.2. The summed E-state index contributed by atoms with van der Waals surface area (Å²) in [5.74, 6) is 0.899. The average Bonchev–Trinajstić information content (AvgIpc) is 3.08. The maximum atomic E-state index is 12.7. The molecule has 0 radical (unpaired) electrons. The van der Waals surface area contributed by atoms with Crippen molar-refractivity contribution < 1.29 is 19.1 Å². The minimum Gasteiger partial charge on any atom is -0.486 e. The number of carbonyl (C=O) groups is 2. The second-order valence-corrected chi connectivity index (χ2v) is 7.77. The average molecular weight is 445 g/mol. The van der Waals surface area contributed by atoms with Crippen molar-refractivity contribution in [1.82, 2.24) is 4.98 Å². The van der Waals surface area contributed by atoms with Gasteiger partial charge in [0, 0.05) is 22.5 Å². The highest BCUT2D eigenvalue weighted by molar-refractivity contribution is 7.17. The highest BCUT2D eigenvalue weighted by Gasteiger charge is 2.18. The minimum atomic E-state index is -0.482. The van der Waals surface area contributed by atoms with Gasteiger partial charge in [0.05, 0.1) is 5.69 Å². The van der Waals surface area contributed by atoms with Gasteiger partial charge in [-0.2, -0.15) is 0 Å². The Balaban J connectivity index is 1.41. The lowest BCUT2D eigenvalue weighted by Crippen LogP contribution is -2.19. The predicted octanol–water partition coefficient (Wildman–Crippen LogP) is 4.77. The number of hydrogen-bond acceptors (Lipinski definition) is 6. The molecule has 0 aliphatic carbocycles. The van der Waals surface area contributed by atoms with Gasteiger partial charge in [-0.15, -0.1) is 0 Å². The first kappa shape index (κ1) is 20.0. The van der Waals surface area contributed by atoms with E-state index in [4.69, 9.17) is 21.1 Å². The number of halogens is 1. The summed E-state index contributed by atoms with van der Waals surface area (Å²) in [6, 6.07) is 11.5. The van der Waals surface area contributed by atoms with E-state index in [1.54, 1.807) is 49.4 Å². The van der Waals surface area contributed by atoms with Crippen LogP contribution in [0.25, 0.3) is 0 Å². The number of aromatic nitrogens is 1. The lowest BCUT2D eigenvalue weighted by atomic mass is 10.2. The molecule has 2 heterocycles. The molecule has 4 rings (SSSR count). The third-order valence-corrected chi connectivity index (χ3v) is 5.41. The smallest absolute Gasteiger partial charge is 0.325 e. The van der Waals surface area contributed by atoms with Crippen molar-refractivity contribution >= 4 is 51.4 Å². The molecule has 3 amide bonds. The van der Waals surface area contributed by atoms with E-state index in [-0.39, 0.29) is 5.91 Å². The van der Waals surface area contributed by atoms with Crippen LogP contribution in [0.2, 0.25) is 5.02 Å². The SMILES string of the molecule is Cc1nc(NC(=O)Nc2cccc(Cl)c2)sc1C(=O)Nc1ccc2c(c1)OCCO2. The van der Waals surface area contributed by atoms with Crippen LogP contribution in [0.1, 0.15) is 15.4 Å². The molecule has 2 aromatic carbocycles. The number of carbonyl (C=O) groups excluding carboxylic acids is 2. The predicted molar refractivity (Wildman–Crippen MR) is 116 cm³/mol. The van der Waals surface area contributed by atoms with E-state index in [1.165, 1.54) is 0 Å². The second kappa shape index (κ2) is 8.60. The Bertz CT molecular complexity index is 1120. The van der Waals surface area contributed by atoms with Crippen LogP contribution in [0.15, 0.2) is 42.5 Å². The summed E-state index contributed by atoms with van der Waals surface area (Å²) in [7, 11) is 0. The third-order valence-electron chi connectivity index (χ3n) is 4.11. The molecule has 0 saturated carbocycles. The van der Waals surface area contributed by atoms with Crippen molar-refractivity contribution in [3.05, 3.63) is 58.1 Å². The van der Waals surface area contributed by atoms with E-state index in [9.17, 15) is 9.59 Å². The van der Waals surface area contributed by atoms with Crippen LogP contribution in [0.5, 0.6) is 11.5 Å². The summed E-state index contributed by atoms with van der Waals surface area (Å²) in [5.41, 5.74) is 1.63. The number of amides is 3. The number of nitrogens with zero attached hydrogens (tertiary/aromatic N) is 1. The van der Waals surface area contributed by atoms with Gasteiger partial charge in [0.2, 0.25) is 0 Å². The molecule has 0 saturated heterocycles. The zero-order valence-electron chi connectivity index (χ0n) is 15.8. The van der Waals surface area contributed by atoms with Gasteiger partial charge in [-0.05, 0) is 37.3 Å². The number of aryl methyl sites for hydroxylation is 1. The number of rotatable bonds is 4. The third kappa shape index (κ3) is 4.64. The maximum absolute atomic E-state index is 12.7. The standard InChI is InChI=1S/C20H17ClN4O4S/c1-11-17(18(26)23-14-5-6-15-16(10-14)29-8-7-28-15)30-20(22-11)25-19(27)24-13-4-2-3-12(21)9-13/h2-6,9-10H,7-8H2,1H3,(H,23,26)(H2,22,24,25,27). The summed E-state index contributed by atoms with van der Waals surface area (Å²) in [6.07, 6.45) is 0. The molecule has 3 N–H and O–H groups in total. The number of ether oxygens (including phenoxy) is 2. The van der Waals surface area contributed by atoms with E-state index in [0.717, 1.165) is 11.3 Å². The Morgan fingerprint density at radius 3 is 2.57 bits per heavy atom. The highest BCUT2D eigenvalue weighted by atomic mass is 35.5. The Labute approximate surface area is 181 Å². The van der Waals surface area contributed by atoms with Crippen LogP contribution in [0.4, 0.5) is 21.3 Å². The van der Waals surface area contributed by atoms with Crippen LogP contribution in [-0.2, 0) is 0 Å². The zero-order chi connectivity index (χ0) is 21.1. The number of hydrogen-bond donors (Lipinski definition) is 3. The Kier molecular flexibility index (Phi) is 5.73. The summed E-state index contributed by atoms with van der Waals surface area (Å²) in [6.45, 7) is 2.67. The Morgan fingerprint density at radius 1 is 1.00 bits per heavy atom. The van der Waals surface area contributed by atoms with Crippen molar-refractivity contribution in [2.75, 3.05) is 29.2 Å². The Hall–Kier alpha value is -3.30. The van der Waals surface area contributed by atoms with E-state index in [1.807, 2.05) is 0 Å². The topological polar surface area (TPSA) is 102 Å². The number of urea groups is 1. The number of anilines is 3. The maximum Gasteiger partial charge on any atom is 0.325 e.